The fraction of sp³-hybridized carbons (Fsp3) is 0.333. The van der Waals surface area contributed by atoms with Crippen molar-refractivity contribution in [2.75, 3.05) is 13.2 Å². The Morgan fingerprint density at radius 2 is 2.29 bits per heavy atom. The summed E-state index contributed by atoms with van der Waals surface area (Å²) in [4.78, 5) is 12.1. The molecule has 9 heteroatoms. The van der Waals surface area contributed by atoms with Gasteiger partial charge in [-0.1, -0.05) is 6.07 Å². The Bertz CT molecular complexity index is 720. The monoisotopic (exact) mass is 329 g/mol. The van der Waals surface area contributed by atoms with Crippen LogP contribution >= 0.6 is 11.3 Å². The molecule has 2 rings (SSSR count). The number of esters is 1. The van der Waals surface area contributed by atoms with Crippen molar-refractivity contribution in [3.8, 4) is 10.6 Å². The van der Waals surface area contributed by atoms with Gasteiger partial charge in [-0.15, -0.1) is 11.3 Å². The van der Waals surface area contributed by atoms with Crippen LogP contribution in [0.25, 0.3) is 10.6 Å². The van der Waals surface area contributed by atoms with E-state index < -0.39 is 22.5 Å². The van der Waals surface area contributed by atoms with Gasteiger partial charge in [0.25, 0.3) is 0 Å². The molecule has 2 aromatic heterocycles. The van der Waals surface area contributed by atoms with Crippen molar-refractivity contribution in [1.29, 1.82) is 0 Å². The van der Waals surface area contributed by atoms with E-state index in [9.17, 15) is 13.2 Å². The molecule has 0 aliphatic carbocycles. The molecular formula is C12H15N3O4S2. The molecule has 0 radical (unpaired) electrons. The topological polar surface area (TPSA) is 90.3 Å². The minimum atomic E-state index is -3.84. The zero-order chi connectivity index (χ0) is 15.5. The highest BCUT2D eigenvalue weighted by molar-refractivity contribution is 7.89. The number of sulfonamides is 1. The van der Waals surface area contributed by atoms with Gasteiger partial charge in [0.1, 0.15) is 17.1 Å². The van der Waals surface area contributed by atoms with Crippen LogP contribution < -0.4 is 4.72 Å². The van der Waals surface area contributed by atoms with Gasteiger partial charge in [0.15, 0.2) is 0 Å². The summed E-state index contributed by atoms with van der Waals surface area (Å²) in [5.74, 6) is -0.623. The molecule has 7 nitrogen and oxygen atoms in total. The molecule has 0 atom stereocenters. The predicted octanol–water partition coefficient (Wildman–Crippen LogP) is 0.990. The zero-order valence-electron chi connectivity index (χ0n) is 11.6. The molecule has 0 unspecified atom stereocenters. The minimum Gasteiger partial charge on any atom is -0.465 e. The third kappa shape index (κ3) is 3.69. The Hall–Kier alpha value is -1.71. The van der Waals surface area contributed by atoms with Crippen molar-refractivity contribution < 1.29 is 17.9 Å². The molecule has 0 aromatic carbocycles. The van der Waals surface area contributed by atoms with E-state index in [2.05, 4.69) is 9.82 Å². The third-order valence-electron chi connectivity index (χ3n) is 2.55. The smallest absolute Gasteiger partial charge is 0.321 e. The number of aromatic nitrogens is 2. The summed E-state index contributed by atoms with van der Waals surface area (Å²) in [6.07, 6.45) is 1.41. The second-order valence-corrected chi connectivity index (χ2v) is 6.81. The van der Waals surface area contributed by atoms with Crippen LogP contribution in [0.3, 0.4) is 0 Å². The van der Waals surface area contributed by atoms with E-state index in [4.69, 9.17) is 4.74 Å². The highest BCUT2D eigenvalue weighted by Crippen LogP contribution is 2.29. The quantitative estimate of drug-likeness (QED) is 0.798. The average Bonchev–Trinajstić information content (AvgIpc) is 3.05. The van der Waals surface area contributed by atoms with E-state index >= 15 is 0 Å². The molecule has 2 aromatic rings. The predicted molar refractivity (Wildman–Crippen MR) is 78.3 cm³/mol. The summed E-state index contributed by atoms with van der Waals surface area (Å²) in [6, 6.07) is 3.61. The number of ether oxygens (including phenoxy) is 1. The Labute approximate surface area is 126 Å². The van der Waals surface area contributed by atoms with E-state index in [1.54, 1.807) is 20.0 Å². The van der Waals surface area contributed by atoms with E-state index in [0.717, 1.165) is 4.88 Å². The second-order valence-electron chi connectivity index (χ2n) is 4.12. The number of carbonyl (C=O) groups is 1. The lowest BCUT2D eigenvalue weighted by atomic mass is 10.3. The number of carbonyl (C=O) groups excluding carboxylic acids is 1. The summed E-state index contributed by atoms with van der Waals surface area (Å²) in [7, 11) is -2.20. The molecule has 114 valence electrons. The maximum absolute atomic E-state index is 12.3. The van der Waals surface area contributed by atoms with Crippen LogP contribution in [-0.2, 0) is 26.6 Å². The summed E-state index contributed by atoms with van der Waals surface area (Å²) in [5, 5.41) is 6.01. The van der Waals surface area contributed by atoms with Crippen molar-refractivity contribution >= 4 is 27.3 Å². The molecule has 0 amide bonds. The lowest BCUT2D eigenvalue weighted by Gasteiger charge is -2.05. The van der Waals surface area contributed by atoms with Crippen LogP contribution in [0.2, 0.25) is 0 Å². The van der Waals surface area contributed by atoms with Crippen molar-refractivity contribution in [1.82, 2.24) is 14.5 Å². The first kappa shape index (κ1) is 15.7. The van der Waals surface area contributed by atoms with Gasteiger partial charge < -0.3 is 4.74 Å². The molecular weight excluding hydrogens is 314 g/mol. The van der Waals surface area contributed by atoms with Crippen LogP contribution in [-0.4, -0.2) is 37.3 Å². The first-order chi connectivity index (χ1) is 9.94. The molecule has 0 aliphatic rings. The SMILES string of the molecule is CCOC(=O)CNS(=O)(=O)c1cn(C)nc1-c1cccs1. The highest BCUT2D eigenvalue weighted by Gasteiger charge is 2.24. The van der Waals surface area contributed by atoms with Crippen molar-refractivity contribution in [3.63, 3.8) is 0 Å². The van der Waals surface area contributed by atoms with Gasteiger partial charge >= 0.3 is 5.97 Å². The Kier molecular flexibility index (Phi) is 4.76. The zero-order valence-corrected chi connectivity index (χ0v) is 13.2. The van der Waals surface area contributed by atoms with E-state index in [-0.39, 0.29) is 11.5 Å². The normalized spacial score (nSPS) is 11.5. The molecule has 2 heterocycles. The lowest BCUT2D eigenvalue weighted by Crippen LogP contribution is -2.30. The molecule has 0 aliphatic heterocycles. The average molecular weight is 329 g/mol. The molecule has 0 bridgehead atoms. The second kappa shape index (κ2) is 6.37. The van der Waals surface area contributed by atoms with Gasteiger partial charge in [0.2, 0.25) is 10.0 Å². The van der Waals surface area contributed by atoms with E-state index in [0.29, 0.717) is 5.69 Å². The fourth-order valence-corrected chi connectivity index (χ4v) is 3.64. The molecule has 21 heavy (non-hydrogen) atoms. The minimum absolute atomic E-state index is 0.0387. The third-order valence-corrected chi connectivity index (χ3v) is 4.83. The Balaban J connectivity index is 2.26. The standard InChI is InChI=1S/C12H15N3O4S2/c1-3-19-11(16)7-13-21(17,18)10-8-15(2)14-12(10)9-5-4-6-20-9/h4-6,8,13H,3,7H2,1-2H3. The maximum atomic E-state index is 12.3. The number of nitrogens with one attached hydrogen (secondary N) is 1. The Morgan fingerprint density at radius 3 is 2.90 bits per heavy atom. The highest BCUT2D eigenvalue weighted by atomic mass is 32.2. The molecule has 0 fully saturated rings. The van der Waals surface area contributed by atoms with Crippen molar-refractivity contribution in [2.24, 2.45) is 7.05 Å². The van der Waals surface area contributed by atoms with Gasteiger partial charge in [-0.05, 0) is 18.4 Å². The maximum Gasteiger partial charge on any atom is 0.321 e. The fourth-order valence-electron chi connectivity index (χ4n) is 1.69. The summed E-state index contributed by atoms with van der Waals surface area (Å²) < 4.78 is 33.0. The molecule has 0 saturated carbocycles. The number of aryl methyl sites for hydroxylation is 1. The van der Waals surface area contributed by atoms with Gasteiger partial charge in [-0.25, -0.2) is 8.42 Å². The van der Waals surface area contributed by atoms with Gasteiger partial charge in [-0.3, -0.25) is 9.48 Å². The summed E-state index contributed by atoms with van der Waals surface area (Å²) in [5.41, 5.74) is 0.365. The lowest BCUT2D eigenvalue weighted by molar-refractivity contribution is -0.141. The number of thiophene rings is 1. The molecule has 1 N–H and O–H groups in total. The molecule has 0 saturated heterocycles. The number of nitrogens with zero attached hydrogens (tertiary/aromatic N) is 2. The van der Waals surface area contributed by atoms with Crippen LogP contribution in [0, 0.1) is 0 Å². The largest absolute Gasteiger partial charge is 0.465 e. The Morgan fingerprint density at radius 1 is 1.52 bits per heavy atom. The molecule has 0 spiro atoms. The van der Waals surface area contributed by atoms with E-state index in [1.165, 1.54) is 22.2 Å². The van der Waals surface area contributed by atoms with Gasteiger partial charge in [0.05, 0.1) is 11.5 Å². The van der Waals surface area contributed by atoms with E-state index in [1.807, 2.05) is 11.4 Å². The first-order valence-electron chi connectivity index (χ1n) is 6.17. The van der Waals surface area contributed by atoms with Crippen LogP contribution in [0.4, 0.5) is 0 Å². The number of hydrogen-bond donors (Lipinski definition) is 1. The number of hydrogen-bond acceptors (Lipinski definition) is 6. The first-order valence-corrected chi connectivity index (χ1v) is 8.53. The van der Waals surface area contributed by atoms with Crippen LogP contribution in [0.15, 0.2) is 28.6 Å². The van der Waals surface area contributed by atoms with Crippen molar-refractivity contribution in [3.05, 3.63) is 23.7 Å². The van der Waals surface area contributed by atoms with Crippen molar-refractivity contribution in [2.45, 2.75) is 11.8 Å². The van der Waals surface area contributed by atoms with Gasteiger partial charge in [-0.2, -0.15) is 9.82 Å². The summed E-state index contributed by atoms with van der Waals surface area (Å²) >= 11 is 1.39. The summed E-state index contributed by atoms with van der Waals surface area (Å²) in [6.45, 7) is 1.45. The number of rotatable bonds is 6. The van der Waals surface area contributed by atoms with Crippen LogP contribution in [0.1, 0.15) is 6.92 Å². The van der Waals surface area contributed by atoms with Gasteiger partial charge in [0, 0.05) is 13.2 Å². The van der Waals surface area contributed by atoms with Crippen LogP contribution in [0.5, 0.6) is 0 Å².